The topological polar surface area (TPSA) is 46.9 Å². The Balaban J connectivity index is 2.21. The number of aryl methyl sites for hydroxylation is 1. The van der Waals surface area contributed by atoms with Crippen LogP contribution in [-0.2, 0) is 7.05 Å². The Morgan fingerprint density at radius 3 is 2.94 bits per heavy atom. The van der Waals surface area contributed by atoms with E-state index in [2.05, 4.69) is 24.1 Å². The number of benzene rings is 1. The Morgan fingerprint density at radius 1 is 1.47 bits per heavy atom. The molecule has 1 aromatic carbocycles. The van der Waals surface area contributed by atoms with Gasteiger partial charge < -0.3 is 9.88 Å². The highest BCUT2D eigenvalue weighted by Crippen LogP contribution is 2.13. The Morgan fingerprint density at radius 2 is 2.24 bits per heavy atom. The van der Waals surface area contributed by atoms with E-state index in [4.69, 9.17) is 0 Å². The van der Waals surface area contributed by atoms with Crippen LogP contribution in [0.25, 0.3) is 11.0 Å². The number of rotatable bonds is 3. The standard InChI is InChI=1S/C13H17N3O/c1-9(2)7-14-13(17)10-4-5-12-11(6-10)15-8-16(12)3/h4-6,8-9H,7H2,1-3H3,(H,14,17). The second-order valence-electron chi connectivity index (χ2n) is 4.66. The molecule has 0 bridgehead atoms. The molecule has 1 amide bonds. The van der Waals surface area contributed by atoms with Crippen molar-refractivity contribution in [1.82, 2.24) is 14.9 Å². The smallest absolute Gasteiger partial charge is 0.251 e. The summed E-state index contributed by atoms with van der Waals surface area (Å²) in [6.45, 7) is 4.84. The zero-order valence-corrected chi connectivity index (χ0v) is 10.4. The summed E-state index contributed by atoms with van der Waals surface area (Å²) in [4.78, 5) is 16.1. The van der Waals surface area contributed by atoms with Gasteiger partial charge in [0.1, 0.15) is 0 Å². The quantitative estimate of drug-likeness (QED) is 0.877. The van der Waals surface area contributed by atoms with Crippen molar-refractivity contribution in [2.45, 2.75) is 13.8 Å². The van der Waals surface area contributed by atoms with Crippen LogP contribution in [0, 0.1) is 5.92 Å². The van der Waals surface area contributed by atoms with Crippen LogP contribution in [-0.4, -0.2) is 22.0 Å². The molecule has 0 radical (unpaired) electrons. The molecule has 0 spiro atoms. The number of amides is 1. The molecule has 1 N–H and O–H groups in total. The SMILES string of the molecule is CC(C)CNC(=O)c1ccc2c(c1)ncn2C. The summed E-state index contributed by atoms with van der Waals surface area (Å²) in [5, 5.41) is 2.90. The van der Waals surface area contributed by atoms with E-state index in [9.17, 15) is 4.79 Å². The minimum Gasteiger partial charge on any atom is -0.352 e. The number of nitrogens with zero attached hydrogens (tertiary/aromatic N) is 2. The minimum absolute atomic E-state index is 0.0359. The Hall–Kier alpha value is -1.84. The number of hydrogen-bond acceptors (Lipinski definition) is 2. The lowest BCUT2D eigenvalue weighted by Crippen LogP contribution is -2.27. The first kappa shape index (κ1) is 11.6. The molecule has 4 nitrogen and oxygen atoms in total. The van der Waals surface area contributed by atoms with Gasteiger partial charge in [0.05, 0.1) is 17.4 Å². The first-order valence-electron chi connectivity index (χ1n) is 5.77. The molecule has 4 heteroatoms. The highest BCUT2D eigenvalue weighted by Gasteiger charge is 2.08. The predicted molar refractivity (Wildman–Crippen MR) is 67.9 cm³/mol. The van der Waals surface area contributed by atoms with Crippen LogP contribution >= 0.6 is 0 Å². The van der Waals surface area contributed by atoms with Crippen molar-refractivity contribution in [1.29, 1.82) is 0 Å². The molecular weight excluding hydrogens is 214 g/mol. The molecule has 1 heterocycles. The number of imidazole rings is 1. The number of carbonyl (C=O) groups excluding carboxylic acids is 1. The van der Waals surface area contributed by atoms with Gasteiger partial charge in [-0.2, -0.15) is 0 Å². The van der Waals surface area contributed by atoms with Gasteiger partial charge in [0.25, 0.3) is 5.91 Å². The van der Waals surface area contributed by atoms with Crippen LogP contribution in [0.5, 0.6) is 0 Å². The zero-order valence-electron chi connectivity index (χ0n) is 10.4. The maximum atomic E-state index is 11.9. The molecule has 2 rings (SSSR count). The summed E-state index contributed by atoms with van der Waals surface area (Å²) in [7, 11) is 1.94. The number of fused-ring (bicyclic) bond motifs is 1. The van der Waals surface area contributed by atoms with Crippen molar-refractivity contribution in [2.75, 3.05) is 6.54 Å². The van der Waals surface area contributed by atoms with Crippen molar-refractivity contribution >= 4 is 16.9 Å². The average molecular weight is 231 g/mol. The van der Waals surface area contributed by atoms with Crippen LogP contribution in [0.2, 0.25) is 0 Å². The van der Waals surface area contributed by atoms with Gasteiger partial charge in [-0.15, -0.1) is 0 Å². The highest BCUT2D eigenvalue weighted by molar-refractivity contribution is 5.97. The zero-order chi connectivity index (χ0) is 12.4. The fourth-order valence-electron chi connectivity index (χ4n) is 1.68. The molecule has 1 aromatic heterocycles. The van der Waals surface area contributed by atoms with E-state index in [1.54, 1.807) is 6.33 Å². The summed E-state index contributed by atoms with van der Waals surface area (Å²) in [5.74, 6) is 0.420. The molecule has 0 atom stereocenters. The van der Waals surface area contributed by atoms with Crippen LogP contribution in [0.15, 0.2) is 24.5 Å². The second-order valence-corrected chi connectivity index (χ2v) is 4.66. The first-order chi connectivity index (χ1) is 8.08. The van der Waals surface area contributed by atoms with Gasteiger partial charge in [0.15, 0.2) is 0 Å². The fourth-order valence-corrected chi connectivity index (χ4v) is 1.68. The van der Waals surface area contributed by atoms with E-state index in [1.165, 1.54) is 0 Å². The van der Waals surface area contributed by atoms with Crippen molar-refractivity contribution in [3.63, 3.8) is 0 Å². The molecule has 0 aliphatic rings. The lowest BCUT2D eigenvalue weighted by Gasteiger charge is -2.07. The number of aromatic nitrogens is 2. The van der Waals surface area contributed by atoms with Gasteiger partial charge in [-0.3, -0.25) is 4.79 Å². The molecule has 90 valence electrons. The Labute approximate surface area is 101 Å². The van der Waals surface area contributed by atoms with Crippen molar-refractivity contribution in [2.24, 2.45) is 13.0 Å². The maximum absolute atomic E-state index is 11.9. The summed E-state index contributed by atoms with van der Waals surface area (Å²) in [5.41, 5.74) is 2.55. The maximum Gasteiger partial charge on any atom is 0.251 e. The lowest BCUT2D eigenvalue weighted by atomic mass is 10.1. The van der Waals surface area contributed by atoms with Crippen LogP contribution in [0.3, 0.4) is 0 Å². The summed E-state index contributed by atoms with van der Waals surface area (Å²) in [6, 6.07) is 5.58. The molecule has 0 fully saturated rings. The number of hydrogen-bond donors (Lipinski definition) is 1. The molecule has 0 aliphatic carbocycles. The largest absolute Gasteiger partial charge is 0.352 e. The van der Waals surface area contributed by atoms with E-state index < -0.39 is 0 Å². The lowest BCUT2D eigenvalue weighted by molar-refractivity contribution is 0.0949. The van der Waals surface area contributed by atoms with E-state index >= 15 is 0 Å². The number of carbonyl (C=O) groups is 1. The van der Waals surface area contributed by atoms with Gasteiger partial charge in [-0.25, -0.2) is 4.98 Å². The molecular formula is C13H17N3O. The van der Waals surface area contributed by atoms with Gasteiger partial charge in [-0.1, -0.05) is 13.8 Å². The first-order valence-corrected chi connectivity index (χ1v) is 5.77. The average Bonchev–Trinajstić information content (AvgIpc) is 2.67. The van der Waals surface area contributed by atoms with Crippen LogP contribution in [0.4, 0.5) is 0 Å². The van der Waals surface area contributed by atoms with Gasteiger partial charge in [0.2, 0.25) is 0 Å². The summed E-state index contributed by atoms with van der Waals surface area (Å²) >= 11 is 0. The molecule has 0 saturated heterocycles. The molecule has 0 unspecified atom stereocenters. The summed E-state index contributed by atoms with van der Waals surface area (Å²) in [6.07, 6.45) is 1.75. The predicted octanol–water partition coefficient (Wildman–Crippen LogP) is 1.96. The minimum atomic E-state index is -0.0359. The molecule has 0 aliphatic heterocycles. The van der Waals surface area contributed by atoms with E-state index in [1.807, 2.05) is 29.8 Å². The normalized spacial score (nSPS) is 11.1. The monoisotopic (exact) mass is 231 g/mol. The summed E-state index contributed by atoms with van der Waals surface area (Å²) < 4.78 is 1.94. The third-order valence-electron chi connectivity index (χ3n) is 2.66. The van der Waals surface area contributed by atoms with Crippen molar-refractivity contribution in [3.8, 4) is 0 Å². The molecule has 0 saturated carbocycles. The van der Waals surface area contributed by atoms with Crippen LogP contribution in [0.1, 0.15) is 24.2 Å². The van der Waals surface area contributed by atoms with Gasteiger partial charge in [0, 0.05) is 19.2 Å². The Kier molecular flexibility index (Phi) is 3.13. The highest BCUT2D eigenvalue weighted by atomic mass is 16.1. The van der Waals surface area contributed by atoms with Crippen molar-refractivity contribution in [3.05, 3.63) is 30.1 Å². The number of nitrogens with one attached hydrogen (secondary N) is 1. The second kappa shape index (κ2) is 4.57. The van der Waals surface area contributed by atoms with E-state index in [0.717, 1.165) is 11.0 Å². The third kappa shape index (κ3) is 2.46. The van der Waals surface area contributed by atoms with Gasteiger partial charge >= 0.3 is 0 Å². The van der Waals surface area contributed by atoms with E-state index in [-0.39, 0.29) is 5.91 Å². The van der Waals surface area contributed by atoms with Crippen LogP contribution < -0.4 is 5.32 Å². The van der Waals surface area contributed by atoms with Crippen molar-refractivity contribution < 1.29 is 4.79 Å². The molecule has 2 aromatic rings. The third-order valence-corrected chi connectivity index (χ3v) is 2.66. The molecule has 17 heavy (non-hydrogen) atoms. The van der Waals surface area contributed by atoms with E-state index in [0.29, 0.717) is 18.0 Å². The van der Waals surface area contributed by atoms with Gasteiger partial charge in [-0.05, 0) is 24.1 Å². The Bertz CT molecular complexity index is 543. The fraction of sp³-hybridized carbons (Fsp3) is 0.385.